The van der Waals surface area contributed by atoms with Crippen LogP contribution in [-0.4, -0.2) is 12.5 Å². The lowest BCUT2D eigenvalue weighted by atomic mass is 10.1. The first-order chi connectivity index (χ1) is 6.18. The predicted molar refractivity (Wildman–Crippen MR) is 55.5 cm³/mol. The molecule has 0 aliphatic carbocycles. The van der Waals surface area contributed by atoms with E-state index >= 15 is 0 Å². The lowest BCUT2D eigenvalue weighted by molar-refractivity contribution is -0.122. The molecule has 1 saturated heterocycles. The second kappa shape index (κ2) is 3.03. The summed E-state index contributed by atoms with van der Waals surface area (Å²) in [6.07, 6.45) is 0.650. The summed E-state index contributed by atoms with van der Waals surface area (Å²) in [5, 5.41) is 0. The van der Waals surface area contributed by atoms with Crippen molar-refractivity contribution in [3.05, 3.63) is 22.7 Å². The van der Waals surface area contributed by atoms with Gasteiger partial charge in [0.1, 0.15) is 0 Å². The van der Waals surface area contributed by atoms with Gasteiger partial charge in [-0.05, 0) is 34.1 Å². The van der Waals surface area contributed by atoms with Crippen LogP contribution in [0, 0.1) is 0 Å². The molecule has 1 aliphatic rings. The van der Waals surface area contributed by atoms with Crippen molar-refractivity contribution in [2.24, 2.45) is 0 Å². The van der Waals surface area contributed by atoms with Crippen LogP contribution in [0.15, 0.2) is 22.7 Å². The van der Waals surface area contributed by atoms with Crippen molar-refractivity contribution >= 4 is 33.2 Å². The molecule has 1 fully saturated rings. The summed E-state index contributed by atoms with van der Waals surface area (Å²) in [7, 11) is 0. The molecule has 0 atom stereocenters. The first kappa shape index (κ1) is 8.56. The highest BCUT2D eigenvalue weighted by Gasteiger charge is 2.26. The van der Waals surface area contributed by atoms with E-state index in [0.717, 1.165) is 16.7 Å². The molecule has 13 heavy (non-hydrogen) atoms. The Morgan fingerprint density at radius 1 is 1.46 bits per heavy atom. The number of rotatable bonds is 1. The Bertz CT molecular complexity index is 365. The first-order valence-electron chi connectivity index (χ1n) is 4.04. The van der Waals surface area contributed by atoms with Crippen LogP contribution in [0.1, 0.15) is 6.42 Å². The Morgan fingerprint density at radius 3 is 2.69 bits per heavy atom. The number of nitrogens with two attached hydrogens (primary N) is 1. The minimum atomic E-state index is 0.172. The third kappa shape index (κ3) is 1.42. The van der Waals surface area contributed by atoms with Crippen LogP contribution >= 0.6 is 15.9 Å². The summed E-state index contributed by atoms with van der Waals surface area (Å²) < 4.78 is 0.876. The molecule has 0 spiro atoms. The second-order valence-electron chi connectivity index (χ2n) is 3.01. The summed E-state index contributed by atoms with van der Waals surface area (Å²) in [5.74, 6) is 0.172. The number of carbonyl (C=O) groups is 1. The Morgan fingerprint density at radius 2 is 2.23 bits per heavy atom. The Hall–Kier alpha value is -1.03. The molecule has 4 heteroatoms. The maximum Gasteiger partial charge on any atom is 0.228 e. The average molecular weight is 241 g/mol. The van der Waals surface area contributed by atoms with E-state index in [9.17, 15) is 4.79 Å². The zero-order valence-electron chi connectivity index (χ0n) is 6.96. The standard InChI is InChI=1S/C9H9BrN2O/c10-7-5-6(11)1-2-8(7)12-4-3-9(12)13/h1-2,5H,3-4,11H2. The third-order valence-corrected chi connectivity index (χ3v) is 2.75. The average Bonchev–Trinajstić information content (AvgIpc) is 2.07. The van der Waals surface area contributed by atoms with E-state index in [1.807, 2.05) is 6.07 Å². The van der Waals surface area contributed by atoms with E-state index in [2.05, 4.69) is 15.9 Å². The molecule has 68 valence electrons. The highest BCUT2D eigenvalue weighted by molar-refractivity contribution is 9.10. The van der Waals surface area contributed by atoms with E-state index in [1.54, 1.807) is 17.0 Å². The van der Waals surface area contributed by atoms with Gasteiger partial charge in [-0.25, -0.2) is 0 Å². The van der Waals surface area contributed by atoms with Crippen LogP contribution < -0.4 is 10.6 Å². The van der Waals surface area contributed by atoms with Crippen molar-refractivity contribution in [1.82, 2.24) is 0 Å². The topological polar surface area (TPSA) is 46.3 Å². The molecule has 0 bridgehead atoms. The van der Waals surface area contributed by atoms with E-state index in [4.69, 9.17) is 5.73 Å². The summed E-state index contributed by atoms with van der Waals surface area (Å²) in [6, 6.07) is 5.46. The van der Waals surface area contributed by atoms with Crippen molar-refractivity contribution in [2.45, 2.75) is 6.42 Å². The zero-order chi connectivity index (χ0) is 9.42. The number of hydrogen-bond donors (Lipinski definition) is 1. The molecule has 3 nitrogen and oxygen atoms in total. The van der Waals surface area contributed by atoms with E-state index < -0.39 is 0 Å². The Balaban J connectivity index is 2.35. The van der Waals surface area contributed by atoms with E-state index in [-0.39, 0.29) is 5.91 Å². The second-order valence-corrected chi connectivity index (χ2v) is 3.86. The molecule has 1 amide bonds. The lowest BCUT2D eigenvalue weighted by Gasteiger charge is -2.31. The number of benzene rings is 1. The molecular weight excluding hydrogens is 232 g/mol. The van der Waals surface area contributed by atoms with Crippen LogP contribution in [0.4, 0.5) is 11.4 Å². The van der Waals surface area contributed by atoms with Crippen LogP contribution in [-0.2, 0) is 4.79 Å². The van der Waals surface area contributed by atoms with Gasteiger partial charge in [0.2, 0.25) is 5.91 Å². The number of nitrogen functional groups attached to an aromatic ring is 1. The lowest BCUT2D eigenvalue weighted by Crippen LogP contribution is -2.43. The van der Waals surface area contributed by atoms with E-state index in [0.29, 0.717) is 12.1 Å². The van der Waals surface area contributed by atoms with E-state index in [1.165, 1.54) is 0 Å². The van der Waals surface area contributed by atoms with Gasteiger partial charge in [-0.15, -0.1) is 0 Å². The molecule has 0 aromatic heterocycles. The first-order valence-corrected chi connectivity index (χ1v) is 4.83. The van der Waals surface area contributed by atoms with Crippen molar-refractivity contribution < 1.29 is 4.79 Å². The van der Waals surface area contributed by atoms with Crippen molar-refractivity contribution in [2.75, 3.05) is 17.2 Å². The highest BCUT2D eigenvalue weighted by Crippen LogP contribution is 2.31. The molecule has 1 aromatic rings. The molecule has 0 unspecified atom stereocenters. The SMILES string of the molecule is Nc1ccc(N2CCC2=O)c(Br)c1. The van der Waals surface area contributed by atoms with Gasteiger partial charge in [-0.3, -0.25) is 4.79 Å². The van der Waals surface area contributed by atoms with Gasteiger partial charge >= 0.3 is 0 Å². The fourth-order valence-corrected chi connectivity index (χ4v) is 1.92. The fourth-order valence-electron chi connectivity index (χ4n) is 1.31. The molecular formula is C9H9BrN2O. The zero-order valence-corrected chi connectivity index (χ0v) is 8.54. The van der Waals surface area contributed by atoms with Gasteiger partial charge in [0, 0.05) is 23.1 Å². The summed E-state index contributed by atoms with van der Waals surface area (Å²) in [6.45, 7) is 0.807. The number of nitrogens with zero attached hydrogens (tertiary/aromatic N) is 1. The van der Waals surface area contributed by atoms with Crippen molar-refractivity contribution in [1.29, 1.82) is 0 Å². The minimum Gasteiger partial charge on any atom is -0.399 e. The maximum absolute atomic E-state index is 11.1. The normalized spacial score (nSPS) is 15.8. The molecule has 1 aromatic carbocycles. The number of carbonyl (C=O) groups excluding carboxylic acids is 1. The summed E-state index contributed by atoms with van der Waals surface area (Å²) in [4.78, 5) is 12.9. The largest absolute Gasteiger partial charge is 0.399 e. The van der Waals surface area contributed by atoms with Gasteiger partial charge in [0.05, 0.1) is 5.69 Å². The number of anilines is 2. The van der Waals surface area contributed by atoms with Crippen LogP contribution in [0.3, 0.4) is 0 Å². The van der Waals surface area contributed by atoms with Crippen LogP contribution in [0.2, 0.25) is 0 Å². The molecule has 1 aliphatic heterocycles. The summed E-state index contributed by atoms with van der Waals surface area (Å²) >= 11 is 3.38. The minimum absolute atomic E-state index is 0.172. The van der Waals surface area contributed by atoms with Crippen molar-refractivity contribution in [3.63, 3.8) is 0 Å². The van der Waals surface area contributed by atoms with Gasteiger partial charge in [0.15, 0.2) is 0 Å². The molecule has 2 rings (SSSR count). The Kier molecular flexibility index (Phi) is 2.00. The number of halogens is 1. The summed E-state index contributed by atoms with van der Waals surface area (Å²) in [5.41, 5.74) is 7.19. The molecule has 0 radical (unpaired) electrons. The predicted octanol–water partition coefficient (Wildman–Crippen LogP) is 1.77. The van der Waals surface area contributed by atoms with Crippen LogP contribution in [0.25, 0.3) is 0 Å². The fraction of sp³-hybridized carbons (Fsp3) is 0.222. The van der Waals surface area contributed by atoms with Crippen LogP contribution in [0.5, 0.6) is 0 Å². The van der Waals surface area contributed by atoms with Gasteiger partial charge in [0.25, 0.3) is 0 Å². The molecule has 2 N–H and O–H groups in total. The third-order valence-electron chi connectivity index (χ3n) is 2.11. The quantitative estimate of drug-likeness (QED) is 0.601. The Labute approximate surface area is 84.6 Å². The molecule has 1 heterocycles. The van der Waals surface area contributed by atoms with Crippen molar-refractivity contribution in [3.8, 4) is 0 Å². The maximum atomic E-state index is 11.1. The van der Waals surface area contributed by atoms with Gasteiger partial charge in [-0.2, -0.15) is 0 Å². The number of amides is 1. The molecule has 0 saturated carbocycles. The number of β-lactam (4-membered cyclic amide) rings is 1. The van der Waals surface area contributed by atoms with Gasteiger partial charge in [-0.1, -0.05) is 0 Å². The smallest absolute Gasteiger partial charge is 0.228 e. The number of hydrogen-bond acceptors (Lipinski definition) is 2. The highest BCUT2D eigenvalue weighted by atomic mass is 79.9. The van der Waals surface area contributed by atoms with Gasteiger partial charge < -0.3 is 10.6 Å². The monoisotopic (exact) mass is 240 g/mol.